The molecule has 10 heteroatoms. The lowest BCUT2D eigenvalue weighted by Gasteiger charge is -2.14. The minimum absolute atomic E-state index is 0.303. The van der Waals surface area contributed by atoms with E-state index in [1.54, 1.807) is 15.9 Å². The fraction of sp³-hybridized carbons (Fsp3) is 0.444. The number of nitrogens with two attached hydrogens (primary N) is 1. The summed E-state index contributed by atoms with van der Waals surface area (Å²) < 4.78 is 4.93. The van der Waals surface area contributed by atoms with Crippen LogP contribution in [0.3, 0.4) is 0 Å². The van der Waals surface area contributed by atoms with Gasteiger partial charge in [-0.3, -0.25) is 13.9 Å². The molecule has 0 fully saturated rings. The molecule has 198 valence electrons. The van der Waals surface area contributed by atoms with Gasteiger partial charge in [0.25, 0.3) is 5.56 Å². The third kappa shape index (κ3) is 6.20. The van der Waals surface area contributed by atoms with Crippen LogP contribution in [-0.4, -0.2) is 43.0 Å². The molecule has 0 amide bonds. The minimum Gasteiger partial charge on any atom is -0.399 e. The van der Waals surface area contributed by atoms with Crippen LogP contribution in [0.1, 0.15) is 43.6 Å². The fourth-order valence-electron chi connectivity index (χ4n) is 4.44. The van der Waals surface area contributed by atoms with E-state index in [9.17, 15) is 14.7 Å². The molecule has 3 heterocycles. The summed E-state index contributed by atoms with van der Waals surface area (Å²) in [5.74, 6) is 0.748. The number of nitrogens with one attached hydrogen (secondary N) is 1. The maximum atomic E-state index is 13.6. The van der Waals surface area contributed by atoms with E-state index in [-0.39, 0.29) is 11.2 Å². The van der Waals surface area contributed by atoms with Gasteiger partial charge >= 0.3 is 5.69 Å². The molecule has 4 aromatic rings. The van der Waals surface area contributed by atoms with E-state index in [1.807, 2.05) is 54.1 Å². The van der Waals surface area contributed by atoms with Gasteiger partial charge in [0.05, 0.1) is 6.10 Å². The van der Waals surface area contributed by atoms with Crippen molar-refractivity contribution in [1.29, 1.82) is 0 Å². The summed E-state index contributed by atoms with van der Waals surface area (Å²) in [4.78, 5) is 32.0. The fourth-order valence-corrected chi connectivity index (χ4v) is 5.11. The van der Waals surface area contributed by atoms with Crippen molar-refractivity contribution in [2.45, 2.75) is 65.3 Å². The lowest BCUT2D eigenvalue weighted by atomic mass is 10.1. The number of anilines is 1. The van der Waals surface area contributed by atoms with Crippen molar-refractivity contribution in [2.24, 2.45) is 0 Å². The Morgan fingerprint density at radius 2 is 1.81 bits per heavy atom. The predicted octanol–water partition coefficient (Wildman–Crippen LogP) is 2.61. The van der Waals surface area contributed by atoms with Gasteiger partial charge in [0.2, 0.25) is 0 Å². The van der Waals surface area contributed by atoms with Gasteiger partial charge in [-0.1, -0.05) is 26.0 Å². The normalized spacial score (nSPS) is 12.4. The maximum absolute atomic E-state index is 13.6. The molecule has 1 unspecified atom stereocenters. The van der Waals surface area contributed by atoms with Crippen LogP contribution in [0.4, 0.5) is 5.69 Å². The molecule has 4 N–H and O–H groups in total. The second kappa shape index (κ2) is 12.4. The summed E-state index contributed by atoms with van der Waals surface area (Å²) in [6.45, 7) is 6.20. The number of aryl methyl sites for hydroxylation is 2. The maximum Gasteiger partial charge on any atom is 0.332 e. The van der Waals surface area contributed by atoms with E-state index < -0.39 is 6.10 Å². The van der Waals surface area contributed by atoms with Crippen LogP contribution in [0.2, 0.25) is 0 Å². The number of thiophene rings is 1. The molecular formula is C27H36N6O3S. The van der Waals surface area contributed by atoms with Gasteiger partial charge in [-0.25, -0.2) is 9.78 Å². The van der Waals surface area contributed by atoms with Gasteiger partial charge in [0, 0.05) is 44.8 Å². The van der Waals surface area contributed by atoms with E-state index in [0.29, 0.717) is 75.3 Å². The quantitative estimate of drug-likeness (QED) is 0.183. The number of nitrogens with zero attached hydrogens (tertiary/aromatic N) is 4. The van der Waals surface area contributed by atoms with Crippen molar-refractivity contribution < 1.29 is 5.11 Å². The molecule has 0 saturated heterocycles. The van der Waals surface area contributed by atoms with Crippen molar-refractivity contribution in [3.63, 3.8) is 0 Å². The third-order valence-corrected chi connectivity index (χ3v) is 7.28. The van der Waals surface area contributed by atoms with Gasteiger partial charge < -0.3 is 20.7 Å². The van der Waals surface area contributed by atoms with Crippen LogP contribution in [-0.2, 0) is 32.5 Å². The molecule has 3 aromatic heterocycles. The second-order valence-electron chi connectivity index (χ2n) is 9.31. The summed E-state index contributed by atoms with van der Waals surface area (Å²) in [5.41, 5.74) is 8.93. The van der Waals surface area contributed by atoms with Gasteiger partial charge in [-0.2, -0.15) is 11.3 Å². The Hall–Kier alpha value is -3.21. The summed E-state index contributed by atoms with van der Waals surface area (Å²) in [7, 11) is 0. The highest BCUT2D eigenvalue weighted by atomic mass is 32.1. The van der Waals surface area contributed by atoms with E-state index in [2.05, 4.69) is 10.7 Å². The van der Waals surface area contributed by atoms with E-state index in [4.69, 9.17) is 10.7 Å². The number of aromatic nitrogens is 4. The van der Waals surface area contributed by atoms with E-state index >= 15 is 0 Å². The Balaban J connectivity index is 1.78. The third-order valence-electron chi connectivity index (χ3n) is 6.55. The Labute approximate surface area is 220 Å². The van der Waals surface area contributed by atoms with Gasteiger partial charge in [-0.05, 0) is 59.3 Å². The Kier molecular flexibility index (Phi) is 8.96. The first-order chi connectivity index (χ1) is 17.9. The number of imidazole rings is 1. The highest BCUT2D eigenvalue weighted by Gasteiger charge is 2.21. The van der Waals surface area contributed by atoms with Gasteiger partial charge in [-0.15, -0.1) is 0 Å². The Morgan fingerprint density at radius 1 is 1.03 bits per heavy atom. The number of aliphatic hydroxyl groups is 1. The molecule has 0 aliphatic rings. The SMILES string of the molecule is CCCn1c(=O)c2c(nc(Cc3ccsc3)n2CCNCC(O)CC)n(CCc2ccc(N)cc2)c1=O. The van der Waals surface area contributed by atoms with Crippen molar-refractivity contribution in [3.05, 3.63) is 78.9 Å². The molecule has 0 bridgehead atoms. The van der Waals surface area contributed by atoms with Gasteiger partial charge in [0.15, 0.2) is 11.2 Å². The van der Waals surface area contributed by atoms with Gasteiger partial charge in [0.1, 0.15) is 5.82 Å². The number of benzene rings is 1. The Bertz CT molecular complexity index is 1420. The second-order valence-corrected chi connectivity index (χ2v) is 10.1. The molecule has 0 radical (unpaired) electrons. The molecule has 4 rings (SSSR count). The molecule has 37 heavy (non-hydrogen) atoms. The first-order valence-corrected chi connectivity index (χ1v) is 13.8. The molecule has 1 atom stereocenters. The first-order valence-electron chi connectivity index (χ1n) is 12.9. The molecule has 0 aliphatic heterocycles. The van der Waals surface area contributed by atoms with Crippen LogP contribution >= 0.6 is 11.3 Å². The number of aliphatic hydroxyl groups excluding tert-OH is 1. The van der Waals surface area contributed by atoms with Crippen molar-refractivity contribution in [1.82, 2.24) is 24.0 Å². The Morgan fingerprint density at radius 3 is 2.49 bits per heavy atom. The van der Waals surface area contributed by atoms with E-state index in [0.717, 1.165) is 17.0 Å². The lowest BCUT2D eigenvalue weighted by molar-refractivity contribution is 0.167. The summed E-state index contributed by atoms with van der Waals surface area (Å²) in [6.07, 6.45) is 2.11. The summed E-state index contributed by atoms with van der Waals surface area (Å²) in [6, 6.07) is 9.66. The van der Waals surface area contributed by atoms with Crippen LogP contribution in [0.25, 0.3) is 11.2 Å². The number of nitrogen functional groups attached to an aromatic ring is 1. The summed E-state index contributed by atoms with van der Waals surface area (Å²) in [5, 5.41) is 17.3. The molecule has 0 saturated carbocycles. The number of hydrogen-bond acceptors (Lipinski definition) is 7. The zero-order chi connectivity index (χ0) is 26.4. The minimum atomic E-state index is -0.412. The number of fused-ring (bicyclic) bond motifs is 1. The van der Waals surface area contributed by atoms with E-state index in [1.165, 1.54) is 4.57 Å². The largest absolute Gasteiger partial charge is 0.399 e. The number of rotatable bonds is 13. The van der Waals surface area contributed by atoms with Crippen LogP contribution in [0.15, 0.2) is 50.7 Å². The van der Waals surface area contributed by atoms with Crippen molar-refractivity contribution in [3.8, 4) is 0 Å². The lowest BCUT2D eigenvalue weighted by Crippen LogP contribution is -2.41. The molecule has 9 nitrogen and oxygen atoms in total. The molecule has 1 aromatic carbocycles. The van der Waals surface area contributed by atoms with Crippen LogP contribution < -0.4 is 22.3 Å². The average molecular weight is 525 g/mol. The molecule has 0 aliphatic carbocycles. The standard InChI is InChI=1S/C27H36N6O3S/c1-3-12-33-26(35)24-25(32(27(33)36)13-9-19-5-7-21(28)8-6-19)30-23(16-20-10-15-37-18-20)31(24)14-11-29-17-22(34)4-2/h5-8,10,15,18,22,29,34H,3-4,9,11-14,16-17,28H2,1-2H3. The molecule has 0 spiro atoms. The number of hydrogen-bond donors (Lipinski definition) is 3. The smallest absolute Gasteiger partial charge is 0.332 e. The van der Waals surface area contributed by atoms with Crippen LogP contribution in [0, 0.1) is 0 Å². The highest BCUT2D eigenvalue weighted by Crippen LogP contribution is 2.18. The monoisotopic (exact) mass is 524 g/mol. The zero-order valence-electron chi connectivity index (χ0n) is 21.5. The highest BCUT2D eigenvalue weighted by molar-refractivity contribution is 7.07. The van der Waals surface area contributed by atoms with Crippen molar-refractivity contribution >= 4 is 28.2 Å². The zero-order valence-corrected chi connectivity index (χ0v) is 22.3. The average Bonchev–Trinajstić information content (AvgIpc) is 3.53. The summed E-state index contributed by atoms with van der Waals surface area (Å²) >= 11 is 1.62. The van der Waals surface area contributed by atoms with Crippen LogP contribution in [0.5, 0.6) is 0 Å². The first kappa shape index (κ1) is 26.8. The predicted molar refractivity (Wildman–Crippen MR) is 149 cm³/mol. The topological polar surface area (TPSA) is 120 Å². The van der Waals surface area contributed by atoms with Crippen molar-refractivity contribution in [2.75, 3.05) is 18.8 Å². The molecular weight excluding hydrogens is 488 g/mol.